The Labute approximate surface area is 114 Å². The molecule has 18 heavy (non-hydrogen) atoms. The molecule has 0 aliphatic rings. The van der Waals surface area contributed by atoms with Gasteiger partial charge in [-0.2, -0.15) is 0 Å². The summed E-state index contributed by atoms with van der Waals surface area (Å²) in [6.07, 6.45) is 0. The summed E-state index contributed by atoms with van der Waals surface area (Å²) in [5.41, 5.74) is 2.42. The first-order chi connectivity index (χ1) is 8.11. The van der Waals surface area contributed by atoms with Crippen LogP contribution in [0.5, 0.6) is 0 Å². The van der Waals surface area contributed by atoms with Crippen LogP contribution in [0.15, 0.2) is 24.4 Å². The summed E-state index contributed by atoms with van der Waals surface area (Å²) < 4.78 is 0. The Bertz CT molecular complexity index is 291. The van der Waals surface area contributed by atoms with Crippen molar-refractivity contribution in [3.05, 3.63) is 24.4 Å². The van der Waals surface area contributed by atoms with Crippen LogP contribution >= 0.6 is 0 Å². The van der Waals surface area contributed by atoms with Gasteiger partial charge in [0.15, 0.2) is 0 Å². The molecule has 0 bridgehead atoms. The molecular weight excluding hydrogens is 220 g/mol. The van der Waals surface area contributed by atoms with E-state index in [1.807, 2.05) is 0 Å². The number of nitrogens with zero attached hydrogens (tertiary/aromatic N) is 2. The lowest BCUT2D eigenvalue weighted by atomic mass is 9.97. The van der Waals surface area contributed by atoms with Crippen LogP contribution in [0.25, 0.3) is 0 Å². The lowest BCUT2D eigenvalue weighted by Crippen LogP contribution is -2.43. The molecule has 2 nitrogen and oxygen atoms in total. The predicted molar refractivity (Wildman–Crippen MR) is 82.7 cm³/mol. The van der Waals surface area contributed by atoms with Crippen LogP contribution in [0.1, 0.15) is 41.5 Å². The Morgan fingerprint density at radius 2 is 1.28 bits per heavy atom. The molecule has 0 spiro atoms. The highest BCUT2D eigenvalue weighted by molar-refractivity contribution is 5.13. The summed E-state index contributed by atoms with van der Waals surface area (Å²) in [5, 5.41) is 0. The van der Waals surface area contributed by atoms with Gasteiger partial charge in [-0.1, -0.05) is 32.6 Å². The second-order valence-electron chi connectivity index (χ2n) is 5.94. The number of hydrogen-bond acceptors (Lipinski definition) is 2. The molecule has 0 aromatic heterocycles. The fourth-order valence-corrected chi connectivity index (χ4v) is 1.96. The topological polar surface area (TPSA) is 6.48 Å². The average molecular weight is 252 g/mol. The van der Waals surface area contributed by atoms with E-state index < -0.39 is 0 Å². The summed E-state index contributed by atoms with van der Waals surface area (Å²) in [6.45, 7) is 21.7. The Balaban J connectivity index is 4.74. The first kappa shape index (κ1) is 17.2. The molecule has 0 aliphatic carbocycles. The predicted octanol–water partition coefficient (Wildman–Crippen LogP) is 3.76. The fraction of sp³-hybridized carbons (Fsp3) is 0.750. The van der Waals surface area contributed by atoms with Gasteiger partial charge in [0, 0.05) is 30.9 Å². The number of likely N-dealkylation sites (N-methyl/N-ethyl adjacent to an activating group) is 2. The molecule has 0 heterocycles. The first-order valence-corrected chi connectivity index (χ1v) is 6.93. The molecule has 0 amide bonds. The third-order valence-corrected chi connectivity index (χ3v) is 4.22. The van der Waals surface area contributed by atoms with Crippen LogP contribution < -0.4 is 0 Å². The van der Waals surface area contributed by atoms with Crippen molar-refractivity contribution in [2.45, 2.75) is 59.7 Å². The van der Waals surface area contributed by atoms with Gasteiger partial charge < -0.3 is 4.90 Å². The summed E-state index contributed by atoms with van der Waals surface area (Å²) >= 11 is 0. The minimum absolute atomic E-state index is 0.334. The standard InChI is InChI=1S/C16H32N2/c1-11(2)13(5)14(6)18(10)16(8)15(7)17(9)12(3)4/h11-12,14-15H,5,8H2,1-4,6-7,9-10H3. The van der Waals surface area contributed by atoms with E-state index in [0.717, 1.165) is 5.70 Å². The van der Waals surface area contributed by atoms with Gasteiger partial charge >= 0.3 is 0 Å². The minimum Gasteiger partial charge on any atom is -0.371 e. The summed E-state index contributed by atoms with van der Waals surface area (Å²) in [5.74, 6) is 0.508. The van der Waals surface area contributed by atoms with Crippen LogP contribution in [0.3, 0.4) is 0 Å². The molecule has 0 aromatic carbocycles. The van der Waals surface area contributed by atoms with E-state index in [1.54, 1.807) is 0 Å². The summed E-state index contributed by atoms with van der Waals surface area (Å²) in [7, 11) is 4.27. The largest absolute Gasteiger partial charge is 0.371 e. The summed E-state index contributed by atoms with van der Waals surface area (Å²) in [6, 6.07) is 1.20. The molecule has 2 unspecified atom stereocenters. The maximum absolute atomic E-state index is 4.26. The third-order valence-electron chi connectivity index (χ3n) is 4.22. The molecule has 106 valence electrons. The summed E-state index contributed by atoms with van der Waals surface area (Å²) in [4.78, 5) is 4.59. The Morgan fingerprint density at radius 3 is 1.61 bits per heavy atom. The SMILES string of the molecule is C=C(C(C)C)C(C)N(C)C(=C)C(C)N(C)C(C)C. The van der Waals surface area contributed by atoms with Crippen molar-refractivity contribution in [1.29, 1.82) is 0 Å². The Morgan fingerprint density at radius 1 is 0.833 bits per heavy atom. The van der Waals surface area contributed by atoms with Gasteiger partial charge in [0.05, 0.1) is 0 Å². The van der Waals surface area contributed by atoms with Crippen molar-refractivity contribution in [3.63, 3.8) is 0 Å². The molecule has 0 rings (SSSR count). The van der Waals surface area contributed by atoms with Crippen molar-refractivity contribution < 1.29 is 0 Å². The minimum atomic E-state index is 0.334. The van der Waals surface area contributed by atoms with Crippen LogP contribution in [0.2, 0.25) is 0 Å². The van der Waals surface area contributed by atoms with Crippen LogP contribution in [0, 0.1) is 5.92 Å². The fourth-order valence-electron chi connectivity index (χ4n) is 1.96. The number of rotatable bonds is 7. The second kappa shape index (κ2) is 6.98. The lowest BCUT2D eigenvalue weighted by Gasteiger charge is -2.38. The molecule has 0 fully saturated rings. The molecule has 2 heteroatoms. The van der Waals surface area contributed by atoms with Gasteiger partial charge in [-0.25, -0.2) is 0 Å². The average Bonchev–Trinajstić information content (AvgIpc) is 2.32. The highest BCUT2D eigenvalue weighted by Crippen LogP contribution is 2.21. The van der Waals surface area contributed by atoms with Gasteiger partial charge in [-0.15, -0.1) is 0 Å². The Kier molecular flexibility index (Phi) is 6.69. The molecule has 0 aromatic rings. The molecule has 0 radical (unpaired) electrons. The van der Waals surface area contributed by atoms with E-state index >= 15 is 0 Å². The van der Waals surface area contributed by atoms with Gasteiger partial charge in [-0.3, -0.25) is 4.90 Å². The van der Waals surface area contributed by atoms with Gasteiger partial charge in [-0.05, 0) is 40.7 Å². The third kappa shape index (κ3) is 4.16. The van der Waals surface area contributed by atoms with Crippen molar-refractivity contribution in [1.82, 2.24) is 9.80 Å². The van der Waals surface area contributed by atoms with Gasteiger partial charge in [0.25, 0.3) is 0 Å². The monoisotopic (exact) mass is 252 g/mol. The van der Waals surface area contributed by atoms with Crippen LogP contribution in [0.4, 0.5) is 0 Å². The zero-order chi connectivity index (χ0) is 14.6. The van der Waals surface area contributed by atoms with E-state index in [1.165, 1.54) is 5.57 Å². The van der Waals surface area contributed by atoms with Gasteiger partial charge in [0.1, 0.15) is 0 Å². The molecular formula is C16H32N2. The van der Waals surface area contributed by atoms with Crippen molar-refractivity contribution >= 4 is 0 Å². The van der Waals surface area contributed by atoms with Crippen molar-refractivity contribution in [2.24, 2.45) is 5.92 Å². The zero-order valence-corrected chi connectivity index (χ0v) is 13.6. The molecule has 0 saturated carbocycles. The van der Waals surface area contributed by atoms with E-state index in [9.17, 15) is 0 Å². The Hall–Kier alpha value is -0.760. The van der Waals surface area contributed by atoms with Crippen molar-refractivity contribution in [2.75, 3.05) is 14.1 Å². The molecule has 0 aliphatic heterocycles. The highest BCUT2D eigenvalue weighted by Gasteiger charge is 2.22. The smallest absolute Gasteiger partial charge is 0.0468 e. The maximum Gasteiger partial charge on any atom is 0.0468 e. The highest BCUT2D eigenvalue weighted by atomic mass is 15.2. The number of hydrogen-bond donors (Lipinski definition) is 0. The van der Waals surface area contributed by atoms with E-state index in [4.69, 9.17) is 0 Å². The van der Waals surface area contributed by atoms with Crippen LogP contribution in [-0.4, -0.2) is 42.0 Å². The lowest BCUT2D eigenvalue weighted by molar-refractivity contribution is 0.192. The van der Waals surface area contributed by atoms with Crippen molar-refractivity contribution in [3.8, 4) is 0 Å². The molecule has 0 saturated heterocycles. The first-order valence-electron chi connectivity index (χ1n) is 6.93. The quantitative estimate of drug-likeness (QED) is 0.637. The second-order valence-corrected chi connectivity index (χ2v) is 5.94. The maximum atomic E-state index is 4.26. The normalized spacial score (nSPS) is 15.1. The van der Waals surface area contributed by atoms with E-state index in [2.05, 4.69) is 78.6 Å². The van der Waals surface area contributed by atoms with E-state index in [-0.39, 0.29) is 0 Å². The van der Waals surface area contributed by atoms with Gasteiger partial charge in [0.2, 0.25) is 0 Å². The zero-order valence-electron chi connectivity index (χ0n) is 13.6. The van der Waals surface area contributed by atoms with Crippen LogP contribution in [-0.2, 0) is 0 Å². The molecule has 0 N–H and O–H groups in total. The van der Waals surface area contributed by atoms with E-state index in [0.29, 0.717) is 24.0 Å². The molecule has 2 atom stereocenters.